The van der Waals surface area contributed by atoms with Crippen LogP contribution >= 0.6 is 0 Å². The Kier molecular flexibility index (Phi) is 4.99. The number of carbonyl (C=O) groups is 2. The number of rotatable bonds is 4. The third kappa shape index (κ3) is 3.88. The maximum atomic E-state index is 9.67. The van der Waals surface area contributed by atoms with Crippen molar-refractivity contribution in [1.82, 2.24) is 9.88 Å². The Hall–Kier alpha value is -2.80. The molecule has 138 valence electrons. The molecule has 7 heteroatoms. The predicted octanol–water partition coefficient (Wildman–Crippen LogP) is 2.33. The van der Waals surface area contributed by atoms with Gasteiger partial charge in [-0.05, 0) is 49.4 Å². The summed E-state index contributed by atoms with van der Waals surface area (Å²) in [4.78, 5) is 19.1. The van der Waals surface area contributed by atoms with Gasteiger partial charge in [-0.25, -0.2) is 9.59 Å². The van der Waals surface area contributed by atoms with E-state index in [1.165, 1.54) is 41.4 Å². The summed E-state index contributed by atoms with van der Waals surface area (Å²) >= 11 is 0. The number of aryl methyl sites for hydroxylation is 2. The minimum Gasteiger partial charge on any atom is -0.508 e. The third-order valence-electron chi connectivity index (χ3n) is 4.73. The number of phenolic OH excluding ortho intramolecular Hbond substituents is 1. The summed E-state index contributed by atoms with van der Waals surface area (Å²) in [6, 6.07) is 6.96. The van der Waals surface area contributed by atoms with E-state index in [-0.39, 0.29) is 0 Å². The maximum absolute atomic E-state index is 9.67. The summed E-state index contributed by atoms with van der Waals surface area (Å²) in [6.45, 7) is 0. The lowest BCUT2D eigenvalue weighted by molar-refractivity contribution is -0.134. The van der Waals surface area contributed by atoms with Crippen molar-refractivity contribution >= 4 is 22.8 Å². The van der Waals surface area contributed by atoms with E-state index in [9.17, 15) is 14.7 Å². The Morgan fingerprint density at radius 2 is 1.81 bits per heavy atom. The highest BCUT2D eigenvalue weighted by atomic mass is 16.4. The monoisotopic (exact) mass is 358 g/mol. The van der Waals surface area contributed by atoms with Crippen LogP contribution in [0.4, 0.5) is 0 Å². The molecule has 0 aliphatic heterocycles. The first-order chi connectivity index (χ1) is 12.4. The normalized spacial score (nSPS) is 18.6. The molecule has 0 saturated heterocycles. The van der Waals surface area contributed by atoms with E-state index in [1.807, 2.05) is 12.1 Å². The van der Waals surface area contributed by atoms with E-state index in [1.54, 1.807) is 6.07 Å². The molecule has 4 rings (SSSR count). The molecule has 1 aromatic carbocycles. The number of carboxylic acid groups (broad SMARTS) is 2. The number of hydrogen-bond acceptors (Lipinski definition) is 4. The average Bonchev–Trinajstić information content (AvgIpc) is 3.23. The molecule has 1 fully saturated rings. The van der Waals surface area contributed by atoms with Crippen molar-refractivity contribution in [2.75, 3.05) is 0 Å². The molecule has 0 bridgehead atoms. The van der Waals surface area contributed by atoms with Gasteiger partial charge in [0.1, 0.15) is 5.75 Å². The first-order valence-corrected chi connectivity index (χ1v) is 8.57. The largest absolute Gasteiger partial charge is 0.508 e. The predicted molar refractivity (Wildman–Crippen MR) is 96.2 cm³/mol. The standard InChI is InChI=1S/C15H18N2O.C4H4O4/c1-17-14-7-4-10(18)8-12(14)11-5-6-13(15(11)17)16-9-2-3-9;5-3(6)1-2-4(7)8/h4,7-9,13,16,18H,2-3,5-6H2,1H3;1-2H,(H,5,6)(H,7,8)/b;2-1-. The molecule has 7 nitrogen and oxygen atoms in total. The number of fused-ring (bicyclic) bond motifs is 3. The van der Waals surface area contributed by atoms with Gasteiger partial charge in [-0.15, -0.1) is 0 Å². The molecule has 1 saturated carbocycles. The molecule has 2 aromatic rings. The molecule has 4 N–H and O–H groups in total. The van der Waals surface area contributed by atoms with Crippen LogP contribution < -0.4 is 5.32 Å². The highest BCUT2D eigenvalue weighted by Crippen LogP contribution is 2.40. The van der Waals surface area contributed by atoms with Crippen LogP contribution in [0, 0.1) is 0 Å². The van der Waals surface area contributed by atoms with E-state index in [4.69, 9.17) is 10.2 Å². The average molecular weight is 358 g/mol. The van der Waals surface area contributed by atoms with Crippen LogP contribution in [0.25, 0.3) is 10.9 Å². The number of aromatic nitrogens is 1. The summed E-state index contributed by atoms with van der Waals surface area (Å²) in [5.41, 5.74) is 4.10. The molecule has 1 heterocycles. The highest BCUT2D eigenvalue weighted by Gasteiger charge is 2.33. The molecule has 2 aliphatic carbocycles. The summed E-state index contributed by atoms with van der Waals surface area (Å²) in [7, 11) is 2.14. The van der Waals surface area contributed by atoms with Crippen LogP contribution in [0.5, 0.6) is 5.75 Å². The minimum absolute atomic E-state index is 0.370. The summed E-state index contributed by atoms with van der Waals surface area (Å²) in [5, 5.41) is 30.3. The van der Waals surface area contributed by atoms with E-state index >= 15 is 0 Å². The van der Waals surface area contributed by atoms with Gasteiger partial charge >= 0.3 is 11.9 Å². The molecule has 1 atom stereocenters. The quantitative estimate of drug-likeness (QED) is 0.624. The summed E-state index contributed by atoms with van der Waals surface area (Å²) in [5.74, 6) is -2.14. The number of benzene rings is 1. The molecule has 2 aliphatic rings. The number of nitrogens with zero attached hydrogens (tertiary/aromatic N) is 1. The van der Waals surface area contributed by atoms with Crippen molar-refractivity contribution in [1.29, 1.82) is 0 Å². The van der Waals surface area contributed by atoms with Gasteiger partial charge < -0.3 is 25.2 Å². The van der Waals surface area contributed by atoms with Gasteiger partial charge in [-0.1, -0.05) is 0 Å². The fourth-order valence-corrected chi connectivity index (χ4v) is 3.50. The van der Waals surface area contributed by atoms with Gasteiger partial charge in [0.2, 0.25) is 0 Å². The molecule has 1 unspecified atom stereocenters. The van der Waals surface area contributed by atoms with E-state index in [2.05, 4.69) is 16.9 Å². The number of nitrogens with one attached hydrogen (secondary N) is 1. The smallest absolute Gasteiger partial charge is 0.328 e. The molecule has 1 aromatic heterocycles. The molecular weight excluding hydrogens is 336 g/mol. The highest BCUT2D eigenvalue weighted by molar-refractivity contribution is 5.89. The number of carboxylic acids is 2. The van der Waals surface area contributed by atoms with Gasteiger partial charge in [0.15, 0.2) is 0 Å². The number of hydrogen-bond donors (Lipinski definition) is 4. The number of aromatic hydroxyl groups is 1. The van der Waals surface area contributed by atoms with Crippen LogP contribution in [0.15, 0.2) is 30.4 Å². The van der Waals surface area contributed by atoms with Crippen molar-refractivity contribution in [3.63, 3.8) is 0 Å². The zero-order chi connectivity index (χ0) is 18.8. The van der Waals surface area contributed by atoms with Crippen LogP contribution in [0.3, 0.4) is 0 Å². The van der Waals surface area contributed by atoms with E-state index in [0.717, 1.165) is 12.5 Å². The lowest BCUT2D eigenvalue weighted by Crippen LogP contribution is -2.23. The van der Waals surface area contributed by atoms with Crippen molar-refractivity contribution in [3.05, 3.63) is 41.6 Å². The second-order valence-corrected chi connectivity index (χ2v) is 6.67. The first kappa shape index (κ1) is 18.0. The fourth-order valence-electron chi connectivity index (χ4n) is 3.50. The van der Waals surface area contributed by atoms with Crippen molar-refractivity contribution in [2.45, 2.75) is 37.8 Å². The van der Waals surface area contributed by atoms with Crippen LogP contribution in [-0.4, -0.2) is 37.9 Å². The Morgan fingerprint density at radius 3 is 2.38 bits per heavy atom. The van der Waals surface area contributed by atoms with Gasteiger partial charge in [0.25, 0.3) is 0 Å². The molecule has 0 amide bonds. The summed E-state index contributed by atoms with van der Waals surface area (Å²) < 4.78 is 2.30. The van der Waals surface area contributed by atoms with E-state index < -0.39 is 11.9 Å². The van der Waals surface area contributed by atoms with E-state index in [0.29, 0.717) is 23.9 Å². The zero-order valence-electron chi connectivity index (χ0n) is 14.5. The fraction of sp³-hybridized carbons (Fsp3) is 0.368. The van der Waals surface area contributed by atoms with Crippen molar-refractivity contribution in [3.8, 4) is 5.75 Å². The second-order valence-electron chi connectivity index (χ2n) is 6.67. The Labute approximate surface area is 150 Å². The third-order valence-corrected chi connectivity index (χ3v) is 4.73. The van der Waals surface area contributed by atoms with Crippen LogP contribution in [0.1, 0.15) is 36.6 Å². The van der Waals surface area contributed by atoms with Crippen LogP contribution in [-0.2, 0) is 23.1 Å². The molecule has 26 heavy (non-hydrogen) atoms. The van der Waals surface area contributed by atoms with Gasteiger partial charge in [0.05, 0.1) is 0 Å². The second kappa shape index (κ2) is 7.21. The van der Waals surface area contributed by atoms with Crippen LogP contribution in [0.2, 0.25) is 0 Å². The Balaban J connectivity index is 0.000000211. The minimum atomic E-state index is -1.26. The lowest BCUT2D eigenvalue weighted by Gasteiger charge is -2.14. The van der Waals surface area contributed by atoms with Crippen molar-refractivity contribution in [2.24, 2.45) is 7.05 Å². The maximum Gasteiger partial charge on any atom is 0.328 e. The lowest BCUT2D eigenvalue weighted by atomic mass is 10.1. The van der Waals surface area contributed by atoms with Crippen molar-refractivity contribution < 1.29 is 24.9 Å². The Bertz CT molecular complexity index is 864. The summed E-state index contributed by atoms with van der Waals surface area (Å²) in [6.07, 6.45) is 6.10. The number of aliphatic carboxylic acids is 2. The van der Waals surface area contributed by atoms with Gasteiger partial charge in [-0.3, -0.25) is 0 Å². The SMILES string of the molecule is Cn1c2c(c3cc(O)ccc31)CCC2NC1CC1.O=C(O)/C=C\C(=O)O. The number of phenols is 1. The molecule has 0 radical (unpaired) electrons. The van der Waals surface area contributed by atoms with Gasteiger partial charge in [-0.2, -0.15) is 0 Å². The molecular formula is C19H22N2O5. The first-order valence-electron chi connectivity index (χ1n) is 8.57. The molecule has 0 spiro atoms. The topological polar surface area (TPSA) is 112 Å². The van der Waals surface area contributed by atoms with Gasteiger partial charge in [0, 0.05) is 47.9 Å². The zero-order valence-corrected chi connectivity index (χ0v) is 14.5. The Morgan fingerprint density at radius 1 is 1.15 bits per heavy atom.